The normalized spacial score (nSPS) is 13.7. The highest BCUT2D eigenvalue weighted by Gasteiger charge is 2.10. The van der Waals surface area contributed by atoms with Crippen LogP contribution in [-0.2, 0) is 0 Å². The van der Waals surface area contributed by atoms with E-state index in [0.29, 0.717) is 11.3 Å². The molecule has 0 heterocycles. The van der Waals surface area contributed by atoms with E-state index in [1.54, 1.807) is 6.07 Å². The van der Waals surface area contributed by atoms with Crippen molar-refractivity contribution in [3.63, 3.8) is 0 Å². The molecular formula is C11H15FN2O2S. The summed E-state index contributed by atoms with van der Waals surface area (Å²) in [6.07, 6.45) is 0. The van der Waals surface area contributed by atoms with E-state index in [1.165, 1.54) is 23.9 Å². The minimum absolute atomic E-state index is 0.0904. The average Bonchev–Trinajstić information content (AvgIpc) is 2.35. The maximum absolute atomic E-state index is 13.1. The van der Waals surface area contributed by atoms with Gasteiger partial charge in [-0.15, -0.1) is 11.8 Å². The zero-order valence-electron chi connectivity index (χ0n) is 9.43. The van der Waals surface area contributed by atoms with Crippen LogP contribution in [0.25, 0.3) is 0 Å². The number of nitrogens with zero attached hydrogens (tertiary/aromatic N) is 1. The highest BCUT2D eigenvalue weighted by molar-refractivity contribution is 7.99. The molecule has 0 bridgehead atoms. The van der Waals surface area contributed by atoms with E-state index >= 15 is 0 Å². The molecule has 4 N–H and O–H groups in total. The fourth-order valence-electron chi connectivity index (χ4n) is 1.17. The van der Waals surface area contributed by atoms with Gasteiger partial charge in [-0.2, -0.15) is 0 Å². The molecule has 1 rings (SSSR count). The van der Waals surface area contributed by atoms with Crippen LogP contribution in [0.3, 0.4) is 0 Å². The summed E-state index contributed by atoms with van der Waals surface area (Å²) < 4.78 is 13.1. The Hall–Kier alpha value is -1.27. The van der Waals surface area contributed by atoms with Crippen LogP contribution in [0, 0.1) is 11.7 Å². The summed E-state index contributed by atoms with van der Waals surface area (Å²) in [6, 6.07) is 4.12. The lowest BCUT2D eigenvalue weighted by Gasteiger charge is -2.10. The standard InChI is InChI=1S/C11H15FN2O2S/c1-7(5-15)6-17-10-3-2-8(12)4-9(10)11(13)14-16/h2-4,7,15-16H,5-6H2,1H3,(H2,13,14). The summed E-state index contributed by atoms with van der Waals surface area (Å²) in [5.74, 6) is 0.244. The minimum Gasteiger partial charge on any atom is -0.409 e. The third kappa shape index (κ3) is 3.90. The Morgan fingerprint density at radius 3 is 2.88 bits per heavy atom. The number of aliphatic hydroxyl groups excluding tert-OH is 1. The average molecular weight is 258 g/mol. The molecule has 1 aromatic rings. The van der Waals surface area contributed by atoms with Crippen molar-refractivity contribution in [1.82, 2.24) is 0 Å². The number of thioether (sulfide) groups is 1. The fourth-order valence-corrected chi connectivity index (χ4v) is 2.22. The van der Waals surface area contributed by atoms with Crippen molar-refractivity contribution in [1.29, 1.82) is 0 Å². The van der Waals surface area contributed by atoms with Crippen LogP contribution >= 0.6 is 11.8 Å². The topological polar surface area (TPSA) is 78.8 Å². The molecule has 0 fully saturated rings. The van der Waals surface area contributed by atoms with Gasteiger partial charge in [-0.25, -0.2) is 4.39 Å². The van der Waals surface area contributed by atoms with E-state index in [4.69, 9.17) is 16.0 Å². The fraction of sp³-hybridized carbons (Fsp3) is 0.364. The van der Waals surface area contributed by atoms with Gasteiger partial charge in [-0.05, 0) is 24.1 Å². The first-order valence-corrected chi connectivity index (χ1v) is 6.08. The molecule has 0 amide bonds. The molecule has 6 heteroatoms. The Balaban J connectivity index is 2.91. The predicted molar refractivity (Wildman–Crippen MR) is 65.9 cm³/mol. The first kappa shape index (κ1) is 13.8. The van der Waals surface area contributed by atoms with Gasteiger partial charge in [0.25, 0.3) is 0 Å². The van der Waals surface area contributed by atoms with Crippen molar-refractivity contribution < 1.29 is 14.7 Å². The summed E-state index contributed by atoms with van der Waals surface area (Å²) in [7, 11) is 0. The van der Waals surface area contributed by atoms with Crippen molar-refractivity contribution in [3.05, 3.63) is 29.6 Å². The third-order valence-corrected chi connectivity index (χ3v) is 3.56. The first-order valence-electron chi connectivity index (χ1n) is 5.09. The lowest BCUT2D eigenvalue weighted by Crippen LogP contribution is -2.15. The maximum atomic E-state index is 13.1. The zero-order chi connectivity index (χ0) is 12.8. The van der Waals surface area contributed by atoms with Crippen LogP contribution in [0.15, 0.2) is 28.3 Å². The zero-order valence-corrected chi connectivity index (χ0v) is 10.2. The Labute approximate surface area is 103 Å². The molecule has 94 valence electrons. The SMILES string of the molecule is CC(CO)CSc1ccc(F)cc1C(N)=NO. The molecule has 1 atom stereocenters. The molecule has 0 spiro atoms. The van der Waals surface area contributed by atoms with E-state index in [-0.39, 0.29) is 18.4 Å². The summed E-state index contributed by atoms with van der Waals surface area (Å²) in [5, 5.41) is 20.4. The largest absolute Gasteiger partial charge is 0.409 e. The number of rotatable bonds is 5. The molecule has 1 unspecified atom stereocenters. The number of halogens is 1. The van der Waals surface area contributed by atoms with Gasteiger partial charge in [0.05, 0.1) is 0 Å². The van der Waals surface area contributed by atoms with Crippen LogP contribution in [0.2, 0.25) is 0 Å². The van der Waals surface area contributed by atoms with Crippen molar-refractivity contribution in [2.24, 2.45) is 16.8 Å². The third-order valence-electron chi connectivity index (χ3n) is 2.16. The second-order valence-corrected chi connectivity index (χ2v) is 4.79. The predicted octanol–water partition coefficient (Wildman–Crippen LogP) is 1.64. The maximum Gasteiger partial charge on any atom is 0.171 e. The minimum atomic E-state index is -0.439. The monoisotopic (exact) mass is 258 g/mol. The Morgan fingerprint density at radius 2 is 2.29 bits per heavy atom. The molecule has 0 aromatic heterocycles. The molecule has 0 aliphatic heterocycles. The molecule has 0 radical (unpaired) electrons. The second kappa shape index (κ2) is 6.46. The number of nitrogens with two attached hydrogens (primary N) is 1. The number of benzene rings is 1. The Bertz CT molecular complexity index is 412. The smallest absolute Gasteiger partial charge is 0.171 e. The first-order chi connectivity index (χ1) is 8.08. The van der Waals surface area contributed by atoms with Crippen molar-refractivity contribution in [2.45, 2.75) is 11.8 Å². The van der Waals surface area contributed by atoms with Crippen molar-refractivity contribution in [3.8, 4) is 0 Å². The Morgan fingerprint density at radius 1 is 1.59 bits per heavy atom. The molecule has 0 saturated heterocycles. The molecule has 0 saturated carbocycles. The van der Waals surface area contributed by atoms with Gasteiger partial charge in [0, 0.05) is 22.8 Å². The van der Waals surface area contributed by atoms with Gasteiger partial charge < -0.3 is 16.0 Å². The van der Waals surface area contributed by atoms with Crippen LogP contribution in [0.1, 0.15) is 12.5 Å². The van der Waals surface area contributed by atoms with Crippen LogP contribution < -0.4 is 5.73 Å². The number of hydrogen-bond donors (Lipinski definition) is 3. The summed E-state index contributed by atoms with van der Waals surface area (Å²) >= 11 is 1.43. The van der Waals surface area contributed by atoms with Gasteiger partial charge in [0.1, 0.15) is 5.82 Å². The van der Waals surface area contributed by atoms with Gasteiger partial charge in [0.2, 0.25) is 0 Å². The van der Waals surface area contributed by atoms with Crippen molar-refractivity contribution in [2.75, 3.05) is 12.4 Å². The molecule has 4 nitrogen and oxygen atoms in total. The molecule has 17 heavy (non-hydrogen) atoms. The van der Waals surface area contributed by atoms with E-state index in [9.17, 15) is 4.39 Å². The van der Waals surface area contributed by atoms with E-state index in [2.05, 4.69) is 5.16 Å². The highest BCUT2D eigenvalue weighted by Crippen LogP contribution is 2.25. The van der Waals surface area contributed by atoms with E-state index in [0.717, 1.165) is 4.90 Å². The summed E-state index contributed by atoms with van der Waals surface area (Å²) in [6.45, 7) is 1.99. The van der Waals surface area contributed by atoms with Crippen LogP contribution in [0.5, 0.6) is 0 Å². The summed E-state index contributed by atoms with van der Waals surface area (Å²) in [4.78, 5) is 0.724. The molecular weight excluding hydrogens is 243 g/mol. The lowest BCUT2D eigenvalue weighted by atomic mass is 10.2. The number of hydrogen-bond acceptors (Lipinski definition) is 4. The van der Waals surface area contributed by atoms with Crippen LogP contribution in [0.4, 0.5) is 4.39 Å². The van der Waals surface area contributed by atoms with E-state index < -0.39 is 5.82 Å². The van der Waals surface area contributed by atoms with Crippen LogP contribution in [-0.4, -0.2) is 28.5 Å². The molecule has 1 aromatic carbocycles. The Kier molecular flexibility index (Phi) is 5.24. The van der Waals surface area contributed by atoms with Gasteiger partial charge >= 0.3 is 0 Å². The number of oxime groups is 1. The molecule has 0 aliphatic rings. The summed E-state index contributed by atoms with van der Waals surface area (Å²) in [5.41, 5.74) is 5.84. The van der Waals surface area contributed by atoms with Gasteiger partial charge in [-0.3, -0.25) is 0 Å². The number of aliphatic hydroxyl groups is 1. The second-order valence-electron chi connectivity index (χ2n) is 3.72. The van der Waals surface area contributed by atoms with Gasteiger partial charge in [-0.1, -0.05) is 12.1 Å². The van der Waals surface area contributed by atoms with E-state index in [1.807, 2.05) is 6.92 Å². The lowest BCUT2D eigenvalue weighted by molar-refractivity contribution is 0.250. The highest BCUT2D eigenvalue weighted by atomic mass is 32.2. The molecule has 0 aliphatic carbocycles. The quantitative estimate of drug-likeness (QED) is 0.247. The van der Waals surface area contributed by atoms with Crippen molar-refractivity contribution >= 4 is 17.6 Å². The number of amidine groups is 1. The van der Waals surface area contributed by atoms with Gasteiger partial charge in [0.15, 0.2) is 5.84 Å².